The van der Waals surface area contributed by atoms with Crippen LogP contribution < -0.4 is 5.32 Å². The fourth-order valence-electron chi connectivity index (χ4n) is 3.08. The number of alkyl halides is 2. The second-order valence-electron chi connectivity index (χ2n) is 5.44. The van der Waals surface area contributed by atoms with Crippen LogP contribution in [0.3, 0.4) is 0 Å². The van der Waals surface area contributed by atoms with Gasteiger partial charge in [-0.3, -0.25) is 0 Å². The predicted octanol–water partition coefficient (Wildman–Crippen LogP) is 2.58. The molecule has 1 unspecified atom stereocenters. The number of rotatable bonds is 1. The summed E-state index contributed by atoms with van der Waals surface area (Å²) in [7, 11) is 0. The molecule has 0 radical (unpaired) electrons. The summed E-state index contributed by atoms with van der Waals surface area (Å²) >= 11 is 0. The Kier molecular flexibility index (Phi) is 3.23. The normalized spacial score (nSPS) is 33.2. The van der Waals surface area contributed by atoms with Crippen molar-refractivity contribution in [3.8, 4) is 0 Å². The Hall–Kier alpha value is -0.220. The highest BCUT2D eigenvalue weighted by atomic mass is 19.3. The monoisotopic (exact) mass is 233 g/mol. The van der Waals surface area contributed by atoms with Gasteiger partial charge < -0.3 is 10.1 Å². The minimum atomic E-state index is -2.48. The molecule has 94 valence electrons. The van der Waals surface area contributed by atoms with Gasteiger partial charge in [0, 0.05) is 25.4 Å². The molecule has 1 saturated carbocycles. The van der Waals surface area contributed by atoms with Gasteiger partial charge in [-0.1, -0.05) is 13.8 Å². The fraction of sp³-hybridized carbons (Fsp3) is 1.00. The number of hydrogen-bond donors (Lipinski definition) is 1. The highest BCUT2D eigenvalue weighted by molar-refractivity contribution is 5.01. The molecule has 1 N–H and O–H groups in total. The van der Waals surface area contributed by atoms with Crippen molar-refractivity contribution in [2.24, 2.45) is 5.92 Å². The summed E-state index contributed by atoms with van der Waals surface area (Å²) < 4.78 is 32.3. The molecule has 1 saturated heterocycles. The highest BCUT2D eigenvalue weighted by Gasteiger charge is 2.50. The zero-order valence-electron chi connectivity index (χ0n) is 10.1. The van der Waals surface area contributed by atoms with Crippen LogP contribution in [0.1, 0.15) is 39.5 Å². The Labute approximate surface area is 95.7 Å². The van der Waals surface area contributed by atoms with Gasteiger partial charge in [-0.05, 0) is 18.8 Å². The third kappa shape index (κ3) is 2.23. The van der Waals surface area contributed by atoms with Crippen molar-refractivity contribution in [3.05, 3.63) is 0 Å². The Morgan fingerprint density at radius 2 is 1.81 bits per heavy atom. The number of nitrogens with one attached hydrogen (secondary N) is 1. The van der Waals surface area contributed by atoms with Crippen LogP contribution in [0.4, 0.5) is 8.78 Å². The van der Waals surface area contributed by atoms with E-state index in [2.05, 4.69) is 19.2 Å². The van der Waals surface area contributed by atoms with E-state index in [4.69, 9.17) is 4.74 Å². The van der Waals surface area contributed by atoms with Crippen molar-refractivity contribution in [2.75, 3.05) is 13.2 Å². The van der Waals surface area contributed by atoms with Gasteiger partial charge in [-0.2, -0.15) is 0 Å². The maximum absolute atomic E-state index is 13.2. The molecule has 2 aliphatic rings. The van der Waals surface area contributed by atoms with Gasteiger partial charge in [0.25, 0.3) is 0 Å². The van der Waals surface area contributed by atoms with Gasteiger partial charge in [-0.15, -0.1) is 0 Å². The van der Waals surface area contributed by atoms with E-state index < -0.39 is 5.92 Å². The molecule has 1 heterocycles. The summed E-state index contributed by atoms with van der Waals surface area (Å²) in [5.41, 5.74) is -0.339. The summed E-state index contributed by atoms with van der Waals surface area (Å²) in [5, 5.41) is 3.44. The first kappa shape index (κ1) is 12.2. The van der Waals surface area contributed by atoms with Crippen LogP contribution in [0.25, 0.3) is 0 Å². The van der Waals surface area contributed by atoms with E-state index in [9.17, 15) is 8.78 Å². The lowest BCUT2D eigenvalue weighted by Gasteiger charge is -2.49. The summed E-state index contributed by atoms with van der Waals surface area (Å²) in [5.74, 6) is -2.06. The van der Waals surface area contributed by atoms with Crippen LogP contribution >= 0.6 is 0 Å². The Bertz CT molecular complexity index is 245. The Morgan fingerprint density at radius 1 is 1.19 bits per heavy atom. The maximum atomic E-state index is 13.2. The smallest absolute Gasteiger partial charge is 0.248 e. The molecule has 2 nitrogen and oxygen atoms in total. The lowest BCUT2D eigenvalue weighted by molar-refractivity contribution is -0.167. The molecule has 0 bridgehead atoms. The molecule has 1 spiro atoms. The van der Waals surface area contributed by atoms with Crippen molar-refractivity contribution in [2.45, 2.75) is 57.1 Å². The maximum Gasteiger partial charge on any atom is 0.248 e. The van der Waals surface area contributed by atoms with Crippen LogP contribution in [0.5, 0.6) is 0 Å². The van der Waals surface area contributed by atoms with E-state index in [0.717, 1.165) is 6.54 Å². The predicted molar refractivity (Wildman–Crippen MR) is 58.7 cm³/mol. The van der Waals surface area contributed by atoms with E-state index in [-0.39, 0.29) is 24.5 Å². The van der Waals surface area contributed by atoms with Crippen LogP contribution in [0.15, 0.2) is 0 Å². The van der Waals surface area contributed by atoms with E-state index >= 15 is 0 Å². The fourth-order valence-corrected chi connectivity index (χ4v) is 3.08. The quantitative estimate of drug-likeness (QED) is 0.751. The van der Waals surface area contributed by atoms with Gasteiger partial charge in [0.2, 0.25) is 5.92 Å². The first-order valence-corrected chi connectivity index (χ1v) is 6.20. The van der Waals surface area contributed by atoms with E-state index in [1.807, 2.05) is 0 Å². The average Bonchev–Trinajstić information content (AvgIpc) is 2.23. The lowest BCUT2D eigenvalue weighted by atomic mass is 9.73. The van der Waals surface area contributed by atoms with Crippen molar-refractivity contribution >= 4 is 0 Å². The number of ether oxygens (including phenoxy) is 1. The van der Waals surface area contributed by atoms with Gasteiger partial charge in [0.15, 0.2) is 0 Å². The molecule has 1 aliphatic heterocycles. The van der Waals surface area contributed by atoms with Crippen molar-refractivity contribution in [1.29, 1.82) is 0 Å². The van der Waals surface area contributed by atoms with E-state index in [0.29, 0.717) is 25.4 Å². The molecular formula is C12H21F2NO. The van der Waals surface area contributed by atoms with E-state index in [1.54, 1.807) is 0 Å². The van der Waals surface area contributed by atoms with Gasteiger partial charge in [0.05, 0.1) is 12.2 Å². The summed E-state index contributed by atoms with van der Waals surface area (Å²) in [4.78, 5) is 0. The van der Waals surface area contributed by atoms with E-state index in [1.165, 1.54) is 0 Å². The molecule has 1 atom stereocenters. The molecule has 16 heavy (non-hydrogen) atoms. The minimum Gasteiger partial charge on any atom is -0.372 e. The van der Waals surface area contributed by atoms with Crippen molar-refractivity contribution in [3.63, 3.8) is 0 Å². The largest absolute Gasteiger partial charge is 0.372 e. The summed E-state index contributed by atoms with van der Waals surface area (Å²) in [6.45, 7) is 5.73. The van der Waals surface area contributed by atoms with Crippen molar-refractivity contribution in [1.82, 2.24) is 5.32 Å². The number of hydrogen-bond acceptors (Lipinski definition) is 2. The molecule has 2 rings (SSSR count). The molecule has 1 aliphatic carbocycles. The third-order valence-corrected chi connectivity index (χ3v) is 3.92. The van der Waals surface area contributed by atoms with Gasteiger partial charge in [-0.25, -0.2) is 8.78 Å². The van der Waals surface area contributed by atoms with Gasteiger partial charge >= 0.3 is 0 Å². The zero-order chi connectivity index (χ0) is 11.8. The number of morpholine rings is 1. The molecule has 0 aromatic carbocycles. The first-order valence-electron chi connectivity index (χ1n) is 6.20. The zero-order valence-corrected chi connectivity index (χ0v) is 10.1. The molecule has 4 heteroatoms. The standard InChI is InChI=1S/C12H21F2NO/c1-9(2)10-11(16-8-7-15-10)3-5-12(13,14)6-4-11/h9-10,15H,3-8H2,1-2H3. The highest BCUT2D eigenvalue weighted by Crippen LogP contribution is 2.44. The van der Waals surface area contributed by atoms with Crippen LogP contribution in [0.2, 0.25) is 0 Å². The second kappa shape index (κ2) is 4.22. The van der Waals surface area contributed by atoms with Crippen molar-refractivity contribution < 1.29 is 13.5 Å². The van der Waals surface area contributed by atoms with Gasteiger partial charge in [0.1, 0.15) is 0 Å². The Balaban J connectivity index is 2.10. The average molecular weight is 233 g/mol. The third-order valence-electron chi connectivity index (χ3n) is 3.92. The molecule has 0 aromatic rings. The minimum absolute atomic E-state index is 0.0299. The molecule has 2 fully saturated rings. The summed E-state index contributed by atoms with van der Waals surface area (Å²) in [6, 6.07) is 0.220. The topological polar surface area (TPSA) is 21.3 Å². The second-order valence-corrected chi connectivity index (χ2v) is 5.44. The van der Waals surface area contributed by atoms with Crippen LogP contribution in [0, 0.1) is 5.92 Å². The molecular weight excluding hydrogens is 212 g/mol. The first-order chi connectivity index (χ1) is 7.45. The summed E-state index contributed by atoms with van der Waals surface area (Å²) in [6.07, 6.45) is 0.904. The Morgan fingerprint density at radius 3 is 2.38 bits per heavy atom. The molecule has 0 aromatic heterocycles. The van der Waals surface area contributed by atoms with Crippen LogP contribution in [-0.2, 0) is 4.74 Å². The van der Waals surface area contributed by atoms with Crippen LogP contribution in [-0.4, -0.2) is 30.7 Å². The number of halogens is 2. The SMILES string of the molecule is CC(C)C1NCCOC12CCC(F)(F)CC2. The lowest BCUT2D eigenvalue weighted by Crippen LogP contribution is -2.62. The molecule has 0 amide bonds.